The van der Waals surface area contributed by atoms with E-state index in [1.165, 1.54) is 84.0 Å². The lowest BCUT2D eigenvalue weighted by Gasteiger charge is -2.61. The highest BCUT2D eigenvalue weighted by Gasteiger charge is 2.59. The number of ether oxygens (including phenoxy) is 1. The van der Waals surface area contributed by atoms with Gasteiger partial charge in [0.05, 0.1) is 6.61 Å². The molecule has 31 heavy (non-hydrogen) atoms. The Hall–Kier alpha value is -0.530. The average Bonchev–Trinajstić information content (AvgIpc) is 3.09. The minimum Gasteiger partial charge on any atom is -0.466 e. The summed E-state index contributed by atoms with van der Waals surface area (Å²) in [4.78, 5) is 11.0. The second kappa shape index (κ2) is 9.38. The smallest absolute Gasteiger partial charge is 0.302 e. The summed E-state index contributed by atoms with van der Waals surface area (Å²) in [5, 5.41) is 0. The third-order valence-corrected chi connectivity index (χ3v) is 11.3. The molecule has 4 aliphatic carbocycles. The zero-order valence-corrected chi connectivity index (χ0v) is 21.3. The van der Waals surface area contributed by atoms with E-state index in [4.69, 9.17) is 4.74 Å². The van der Waals surface area contributed by atoms with Crippen LogP contribution >= 0.6 is 0 Å². The third-order valence-electron chi connectivity index (χ3n) is 11.3. The fourth-order valence-corrected chi connectivity index (χ4v) is 9.60. The van der Waals surface area contributed by atoms with Crippen molar-refractivity contribution in [1.29, 1.82) is 0 Å². The molecule has 9 unspecified atom stereocenters. The Bertz CT molecular complexity index is 628. The quantitative estimate of drug-likeness (QED) is 0.382. The summed E-state index contributed by atoms with van der Waals surface area (Å²) in [5.74, 6) is 6.22. The van der Waals surface area contributed by atoms with Crippen LogP contribution in [0.15, 0.2) is 0 Å². The molecule has 2 nitrogen and oxygen atoms in total. The molecule has 0 N–H and O–H groups in total. The molecular weight excluding hydrogens is 380 g/mol. The summed E-state index contributed by atoms with van der Waals surface area (Å²) in [5.41, 5.74) is 1.27. The molecule has 0 amide bonds. The molecule has 9 atom stereocenters. The fourth-order valence-electron chi connectivity index (χ4n) is 9.60. The molecule has 0 aromatic heterocycles. The molecule has 0 aromatic carbocycles. The second-order valence-electron chi connectivity index (χ2n) is 12.9. The van der Waals surface area contributed by atoms with Crippen LogP contribution in [0, 0.1) is 52.3 Å². The van der Waals surface area contributed by atoms with Crippen molar-refractivity contribution < 1.29 is 9.53 Å². The van der Waals surface area contributed by atoms with Gasteiger partial charge in [-0.3, -0.25) is 4.79 Å². The van der Waals surface area contributed by atoms with E-state index in [0.717, 1.165) is 35.5 Å². The van der Waals surface area contributed by atoms with Crippen LogP contribution in [0.1, 0.15) is 118 Å². The molecule has 0 aromatic rings. The van der Waals surface area contributed by atoms with Gasteiger partial charge in [-0.25, -0.2) is 0 Å². The van der Waals surface area contributed by atoms with Crippen molar-refractivity contribution in [3.8, 4) is 0 Å². The predicted octanol–water partition coefficient (Wildman–Crippen LogP) is 8.04. The van der Waals surface area contributed by atoms with Gasteiger partial charge in [-0.2, -0.15) is 0 Å². The summed E-state index contributed by atoms with van der Waals surface area (Å²) in [6.45, 7) is 12.3. The van der Waals surface area contributed by atoms with Crippen molar-refractivity contribution in [3.63, 3.8) is 0 Å². The first-order chi connectivity index (χ1) is 14.8. The average molecular weight is 431 g/mol. The van der Waals surface area contributed by atoms with E-state index in [0.29, 0.717) is 23.4 Å². The van der Waals surface area contributed by atoms with Gasteiger partial charge in [0.25, 0.3) is 0 Å². The van der Waals surface area contributed by atoms with Gasteiger partial charge in [0.1, 0.15) is 0 Å². The number of carbonyl (C=O) groups excluding carboxylic acids is 1. The van der Waals surface area contributed by atoms with E-state index in [-0.39, 0.29) is 5.97 Å². The van der Waals surface area contributed by atoms with Crippen molar-refractivity contribution in [2.75, 3.05) is 6.61 Å². The van der Waals surface area contributed by atoms with Gasteiger partial charge >= 0.3 is 5.97 Å². The van der Waals surface area contributed by atoms with Gasteiger partial charge in [0, 0.05) is 6.92 Å². The molecule has 0 saturated heterocycles. The SMILES string of the molecule is CC(=O)OCC(C)CCCC(C)C1CCC2C3CCC4CCCCC4(C)C3CCC12C. The Morgan fingerprint density at radius 2 is 1.68 bits per heavy atom. The number of hydrogen-bond acceptors (Lipinski definition) is 2. The van der Waals surface area contributed by atoms with Crippen LogP contribution in [0.2, 0.25) is 0 Å². The summed E-state index contributed by atoms with van der Waals surface area (Å²) in [6, 6.07) is 0. The van der Waals surface area contributed by atoms with Gasteiger partial charge in [-0.05, 0) is 110 Å². The Labute approximate surface area is 192 Å². The minimum atomic E-state index is -0.142. The van der Waals surface area contributed by atoms with Gasteiger partial charge in [-0.1, -0.05) is 53.4 Å². The third kappa shape index (κ3) is 4.48. The van der Waals surface area contributed by atoms with Gasteiger partial charge in [-0.15, -0.1) is 0 Å². The molecule has 0 bridgehead atoms. The van der Waals surface area contributed by atoms with Gasteiger partial charge < -0.3 is 4.74 Å². The standard InChI is InChI=1S/C29H50O2/c1-20(19-31-22(3)30)9-8-10-21(2)25-14-15-26-24-13-12-23-11-6-7-17-28(23,4)27(24)16-18-29(25,26)5/h20-21,23-27H,6-19H2,1-5H3. The summed E-state index contributed by atoms with van der Waals surface area (Å²) in [6.07, 6.45) is 18.9. The number of esters is 1. The number of rotatable bonds is 7. The molecule has 4 saturated carbocycles. The number of carbonyl (C=O) groups is 1. The Morgan fingerprint density at radius 3 is 2.45 bits per heavy atom. The first kappa shape index (κ1) is 23.6. The second-order valence-corrected chi connectivity index (χ2v) is 12.9. The highest BCUT2D eigenvalue weighted by atomic mass is 16.5. The zero-order valence-electron chi connectivity index (χ0n) is 21.3. The molecule has 4 rings (SSSR count). The largest absolute Gasteiger partial charge is 0.466 e. The zero-order chi connectivity index (χ0) is 22.2. The van der Waals surface area contributed by atoms with Crippen molar-refractivity contribution >= 4 is 5.97 Å². The van der Waals surface area contributed by atoms with Crippen molar-refractivity contribution in [2.45, 2.75) is 118 Å². The lowest BCUT2D eigenvalue weighted by molar-refractivity contribution is -0.142. The van der Waals surface area contributed by atoms with Crippen LogP contribution in [-0.4, -0.2) is 12.6 Å². The monoisotopic (exact) mass is 430 g/mol. The van der Waals surface area contributed by atoms with E-state index in [9.17, 15) is 4.79 Å². The van der Waals surface area contributed by atoms with Crippen molar-refractivity contribution in [2.24, 2.45) is 52.3 Å². The maximum absolute atomic E-state index is 11.0. The number of hydrogen-bond donors (Lipinski definition) is 0. The van der Waals surface area contributed by atoms with Crippen LogP contribution in [0.5, 0.6) is 0 Å². The minimum absolute atomic E-state index is 0.142. The highest BCUT2D eigenvalue weighted by molar-refractivity contribution is 5.65. The molecule has 4 aliphatic rings. The molecule has 0 aliphatic heterocycles. The van der Waals surface area contributed by atoms with E-state index in [2.05, 4.69) is 27.7 Å². The molecule has 0 heterocycles. The molecule has 0 spiro atoms. The lowest BCUT2D eigenvalue weighted by atomic mass is 9.44. The van der Waals surface area contributed by atoms with Gasteiger partial charge in [0.2, 0.25) is 0 Å². The molecule has 4 fully saturated rings. The fraction of sp³-hybridized carbons (Fsp3) is 0.966. The molecule has 178 valence electrons. The summed E-state index contributed by atoms with van der Waals surface area (Å²) in [7, 11) is 0. The van der Waals surface area contributed by atoms with Crippen LogP contribution in [0.25, 0.3) is 0 Å². The van der Waals surface area contributed by atoms with Crippen LogP contribution in [0.3, 0.4) is 0 Å². The van der Waals surface area contributed by atoms with Gasteiger partial charge in [0.15, 0.2) is 0 Å². The van der Waals surface area contributed by atoms with Crippen molar-refractivity contribution in [1.82, 2.24) is 0 Å². The Kier molecular flexibility index (Phi) is 7.15. The maximum Gasteiger partial charge on any atom is 0.302 e. The Balaban J connectivity index is 1.34. The topological polar surface area (TPSA) is 26.3 Å². The van der Waals surface area contributed by atoms with E-state index in [1.807, 2.05) is 0 Å². The predicted molar refractivity (Wildman–Crippen MR) is 129 cm³/mol. The van der Waals surface area contributed by atoms with Crippen LogP contribution in [0.4, 0.5) is 0 Å². The van der Waals surface area contributed by atoms with Crippen molar-refractivity contribution in [3.05, 3.63) is 0 Å². The van der Waals surface area contributed by atoms with E-state index in [1.54, 1.807) is 6.42 Å². The van der Waals surface area contributed by atoms with E-state index < -0.39 is 0 Å². The first-order valence-corrected chi connectivity index (χ1v) is 13.9. The first-order valence-electron chi connectivity index (χ1n) is 13.9. The van der Waals surface area contributed by atoms with E-state index >= 15 is 0 Å². The lowest BCUT2D eigenvalue weighted by Crippen LogP contribution is -2.53. The van der Waals surface area contributed by atoms with Crippen LogP contribution < -0.4 is 0 Å². The molecule has 2 heteroatoms. The highest BCUT2D eigenvalue weighted by Crippen LogP contribution is 2.68. The summed E-state index contributed by atoms with van der Waals surface area (Å²) >= 11 is 0. The molecular formula is C29H50O2. The Morgan fingerprint density at radius 1 is 0.903 bits per heavy atom. The molecule has 0 radical (unpaired) electrons. The number of fused-ring (bicyclic) bond motifs is 5. The maximum atomic E-state index is 11.0. The normalized spacial score (nSPS) is 44.0. The van der Waals surface area contributed by atoms with Crippen LogP contribution in [-0.2, 0) is 9.53 Å². The summed E-state index contributed by atoms with van der Waals surface area (Å²) < 4.78 is 5.20.